The van der Waals surface area contributed by atoms with Crippen LogP contribution < -0.4 is 10.9 Å². The number of anilines is 1. The van der Waals surface area contributed by atoms with E-state index in [-0.39, 0.29) is 23.3 Å². The molecule has 0 aliphatic carbocycles. The standard InChI is InChI=1S/C22H20N6O4/c29-20(14-5-8-27(9-6-14)22(31)15-7-10-32-12-15)26-17-3-1-2-4-18(17)28-19-16(11-25-28)21(30)24-13-23-19/h1-4,7,10-14H,5-6,8-9H2,(H,26,29)(H,23,24,30). The number of nitrogens with one attached hydrogen (secondary N) is 2. The molecule has 10 heteroatoms. The summed E-state index contributed by atoms with van der Waals surface area (Å²) in [7, 11) is 0. The number of nitrogens with zero attached hydrogens (tertiary/aromatic N) is 4. The highest BCUT2D eigenvalue weighted by Crippen LogP contribution is 2.25. The Morgan fingerprint density at radius 1 is 1.16 bits per heavy atom. The van der Waals surface area contributed by atoms with Crippen LogP contribution in [0.25, 0.3) is 16.7 Å². The summed E-state index contributed by atoms with van der Waals surface area (Å²) in [4.78, 5) is 45.9. The SMILES string of the molecule is O=C(Nc1ccccc1-n1ncc2c(=O)[nH]cnc21)C1CCN(C(=O)c2ccoc2)CC1. The van der Waals surface area contributed by atoms with Crippen molar-refractivity contribution in [3.8, 4) is 5.69 Å². The van der Waals surface area contributed by atoms with E-state index in [9.17, 15) is 14.4 Å². The number of carbonyl (C=O) groups excluding carboxylic acids is 2. The van der Waals surface area contributed by atoms with Gasteiger partial charge in [-0.15, -0.1) is 0 Å². The Hall–Kier alpha value is -4.21. The Morgan fingerprint density at radius 3 is 2.75 bits per heavy atom. The van der Waals surface area contributed by atoms with Gasteiger partial charge in [-0.25, -0.2) is 9.67 Å². The lowest BCUT2D eigenvalue weighted by Crippen LogP contribution is -2.41. The minimum Gasteiger partial charge on any atom is -0.472 e. The van der Waals surface area contributed by atoms with Gasteiger partial charge < -0.3 is 19.6 Å². The highest BCUT2D eigenvalue weighted by atomic mass is 16.3. The van der Waals surface area contributed by atoms with Crippen molar-refractivity contribution in [2.24, 2.45) is 5.92 Å². The van der Waals surface area contributed by atoms with Crippen molar-refractivity contribution in [1.82, 2.24) is 24.6 Å². The van der Waals surface area contributed by atoms with E-state index in [1.165, 1.54) is 29.7 Å². The van der Waals surface area contributed by atoms with Crippen LogP contribution in [0.4, 0.5) is 5.69 Å². The molecular formula is C22H20N6O4. The van der Waals surface area contributed by atoms with Crippen LogP contribution in [-0.2, 0) is 4.79 Å². The number of hydrogen-bond donors (Lipinski definition) is 2. The van der Waals surface area contributed by atoms with Gasteiger partial charge in [0.05, 0.1) is 35.7 Å². The number of piperidine rings is 1. The Bertz CT molecular complexity index is 1330. The number of furan rings is 1. The molecule has 1 aliphatic rings. The molecule has 4 heterocycles. The number of benzene rings is 1. The van der Waals surface area contributed by atoms with Crippen LogP contribution in [0.2, 0.25) is 0 Å². The molecule has 0 unspecified atom stereocenters. The number of H-pyrrole nitrogens is 1. The topological polar surface area (TPSA) is 126 Å². The van der Waals surface area contributed by atoms with Crippen LogP contribution >= 0.6 is 0 Å². The molecule has 0 radical (unpaired) electrons. The van der Waals surface area contributed by atoms with E-state index in [0.717, 1.165) is 0 Å². The summed E-state index contributed by atoms with van der Waals surface area (Å²) in [5.41, 5.74) is 1.82. The largest absolute Gasteiger partial charge is 0.472 e. The Balaban J connectivity index is 1.31. The Kier molecular flexibility index (Phi) is 5.02. The molecule has 2 amide bonds. The van der Waals surface area contributed by atoms with Crippen LogP contribution in [-0.4, -0.2) is 49.6 Å². The summed E-state index contributed by atoms with van der Waals surface area (Å²) in [6, 6.07) is 8.87. The molecular weight excluding hydrogens is 412 g/mol. The van der Waals surface area contributed by atoms with Gasteiger partial charge in [0.15, 0.2) is 5.65 Å². The van der Waals surface area contributed by atoms with Gasteiger partial charge in [0, 0.05) is 19.0 Å². The zero-order chi connectivity index (χ0) is 22.1. The first-order valence-corrected chi connectivity index (χ1v) is 10.2. The molecule has 0 spiro atoms. The van der Waals surface area contributed by atoms with Gasteiger partial charge in [-0.1, -0.05) is 12.1 Å². The molecule has 0 saturated carbocycles. The van der Waals surface area contributed by atoms with E-state index in [2.05, 4.69) is 20.4 Å². The molecule has 5 rings (SSSR count). The number of rotatable bonds is 4. The lowest BCUT2D eigenvalue weighted by atomic mass is 9.95. The van der Waals surface area contributed by atoms with Crippen LogP contribution in [0.1, 0.15) is 23.2 Å². The fraction of sp³-hybridized carbons (Fsp3) is 0.227. The van der Waals surface area contributed by atoms with E-state index in [1.54, 1.807) is 23.1 Å². The zero-order valence-electron chi connectivity index (χ0n) is 17.0. The number of aromatic nitrogens is 4. The number of para-hydroxylation sites is 2. The maximum absolute atomic E-state index is 13.0. The van der Waals surface area contributed by atoms with Crippen LogP contribution in [0.3, 0.4) is 0 Å². The summed E-state index contributed by atoms with van der Waals surface area (Å²) in [6.45, 7) is 1.00. The number of aromatic amines is 1. The molecule has 4 aromatic rings. The van der Waals surface area contributed by atoms with Gasteiger partial charge in [0.25, 0.3) is 11.5 Å². The zero-order valence-corrected chi connectivity index (χ0v) is 17.0. The maximum Gasteiger partial charge on any atom is 0.261 e. The minimum atomic E-state index is -0.278. The average molecular weight is 432 g/mol. The number of fused-ring (bicyclic) bond motifs is 1. The quantitative estimate of drug-likeness (QED) is 0.509. The Morgan fingerprint density at radius 2 is 1.97 bits per heavy atom. The molecule has 1 fully saturated rings. The third-order valence-corrected chi connectivity index (χ3v) is 5.68. The van der Waals surface area contributed by atoms with Gasteiger partial charge in [0.2, 0.25) is 5.91 Å². The fourth-order valence-corrected chi connectivity index (χ4v) is 3.94. The molecule has 32 heavy (non-hydrogen) atoms. The molecule has 1 saturated heterocycles. The monoisotopic (exact) mass is 432 g/mol. The van der Waals surface area contributed by atoms with Crippen molar-refractivity contribution >= 4 is 28.5 Å². The highest BCUT2D eigenvalue weighted by Gasteiger charge is 2.28. The first-order chi connectivity index (χ1) is 15.6. The second-order valence-corrected chi connectivity index (χ2v) is 7.61. The summed E-state index contributed by atoms with van der Waals surface area (Å²) in [5, 5.41) is 7.64. The van der Waals surface area contributed by atoms with E-state index >= 15 is 0 Å². The van der Waals surface area contributed by atoms with Crippen molar-refractivity contribution in [2.45, 2.75) is 12.8 Å². The van der Waals surface area contributed by atoms with Gasteiger partial charge in [0.1, 0.15) is 11.6 Å². The third kappa shape index (κ3) is 3.55. The number of carbonyl (C=O) groups is 2. The molecule has 1 aromatic carbocycles. The van der Waals surface area contributed by atoms with Gasteiger partial charge in [-0.2, -0.15) is 5.10 Å². The smallest absolute Gasteiger partial charge is 0.261 e. The van der Waals surface area contributed by atoms with Gasteiger partial charge >= 0.3 is 0 Å². The van der Waals surface area contributed by atoms with Gasteiger partial charge in [-0.05, 0) is 31.0 Å². The fourth-order valence-electron chi connectivity index (χ4n) is 3.94. The molecule has 0 atom stereocenters. The predicted molar refractivity (Wildman–Crippen MR) is 115 cm³/mol. The van der Waals surface area contributed by atoms with Crippen molar-refractivity contribution in [1.29, 1.82) is 0 Å². The van der Waals surface area contributed by atoms with E-state index < -0.39 is 0 Å². The molecule has 10 nitrogen and oxygen atoms in total. The molecule has 1 aliphatic heterocycles. The van der Waals surface area contributed by atoms with Crippen molar-refractivity contribution in [3.63, 3.8) is 0 Å². The first-order valence-electron chi connectivity index (χ1n) is 10.2. The summed E-state index contributed by atoms with van der Waals surface area (Å²) in [5.74, 6) is -0.419. The number of likely N-dealkylation sites (tertiary alicyclic amines) is 1. The van der Waals surface area contributed by atoms with Crippen molar-refractivity contribution in [2.75, 3.05) is 18.4 Å². The first kappa shape index (κ1) is 19.7. The van der Waals surface area contributed by atoms with Crippen molar-refractivity contribution in [3.05, 3.63) is 71.3 Å². The van der Waals surface area contributed by atoms with E-state index in [0.29, 0.717) is 53.9 Å². The Labute approximate surface area is 181 Å². The maximum atomic E-state index is 13.0. The second-order valence-electron chi connectivity index (χ2n) is 7.61. The van der Waals surface area contributed by atoms with Crippen LogP contribution in [0.5, 0.6) is 0 Å². The third-order valence-electron chi connectivity index (χ3n) is 5.68. The summed E-state index contributed by atoms with van der Waals surface area (Å²) in [6.07, 6.45) is 6.81. The highest BCUT2D eigenvalue weighted by molar-refractivity contribution is 5.96. The lowest BCUT2D eigenvalue weighted by molar-refractivity contribution is -0.121. The summed E-state index contributed by atoms with van der Waals surface area (Å²) >= 11 is 0. The van der Waals surface area contributed by atoms with Crippen molar-refractivity contribution < 1.29 is 14.0 Å². The second kappa shape index (κ2) is 8.14. The lowest BCUT2D eigenvalue weighted by Gasteiger charge is -2.31. The predicted octanol–water partition coefficient (Wildman–Crippen LogP) is 2.19. The number of amides is 2. The molecule has 3 aromatic heterocycles. The molecule has 2 N–H and O–H groups in total. The number of hydrogen-bond acceptors (Lipinski definition) is 6. The van der Waals surface area contributed by atoms with E-state index in [1.807, 2.05) is 12.1 Å². The summed E-state index contributed by atoms with van der Waals surface area (Å²) < 4.78 is 6.52. The van der Waals surface area contributed by atoms with Gasteiger partial charge in [-0.3, -0.25) is 14.4 Å². The average Bonchev–Trinajstić information content (AvgIpc) is 3.50. The van der Waals surface area contributed by atoms with E-state index in [4.69, 9.17) is 4.42 Å². The van der Waals surface area contributed by atoms with Crippen LogP contribution in [0, 0.1) is 5.92 Å². The van der Waals surface area contributed by atoms with Crippen LogP contribution in [0.15, 0.2) is 64.6 Å². The molecule has 0 bridgehead atoms. The molecule has 162 valence electrons. The normalized spacial score (nSPS) is 14.6. The minimum absolute atomic E-state index is 0.0870.